The predicted octanol–water partition coefficient (Wildman–Crippen LogP) is 2.41. The SMILES string of the molecule is COCC(O)CN(C)C(=O)Nc1ccc2c3c(cccc13)CC2. The Morgan fingerprint density at radius 2 is 2.04 bits per heavy atom. The highest BCUT2D eigenvalue weighted by atomic mass is 16.5. The average molecular weight is 314 g/mol. The molecule has 2 aromatic rings. The molecule has 0 saturated carbocycles. The van der Waals surface area contributed by atoms with E-state index in [2.05, 4.69) is 17.4 Å². The molecule has 23 heavy (non-hydrogen) atoms. The van der Waals surface area contributed by atoms with Crippen LogP contribution in [0.1, 0.15) is 11.1 Å². The van der Waals surface area contributed by atoms with Gasteiger partial charge in [-0.15, -0.1) is 0 Å². The Hall–Kier alpha value is -2.11. The molecule has 0 saturated heterocycles. The van der Waals surface area contributed by atoms with E-state index in [1.807, 2.05) is 18.2 Å². The number of hydrogen-bond donors (Lipinski definition) is 2. The molecule has 0 bridgehead atoms. The lowest BCUT2D eigenvalue weighted by molar-refractivity contribution is 0.0501. The van der Waals surface area contributed by atoms with Crippen molar-refractivity contribution in [3.8, 4) is 0 Å². The number of nitrogens with one attached hydrogen (secondary N) is 1. The zero-order chi connectivity index (χ0) is 16.4. The average Bonchev–Trinajstić information content (AvgIpc) is 2.95. The Morgan fingerprint density at radius 1 is 1.30 bits per heavy atom. The fraction of sp³-hybridized carbons (Fsp3) is 0.389. The number of benzene rings is 2. The first kappa shape index (κ1) is 15.8. The van der Waals surface area contributed by atoms with Crippen LogP contribution in [0.4, 0.5) is 10.5 Å². The maximum atomic E-state index is 12.3. The first-order chi connectivity index (χ1) is 11.1. The van der Waals surface area contributed by atoms with E-state index in [9.17, 15) is 9.90 Å². The molecule has 0 heterocycles. The van der Waals surface area contributed by atoms with E-state index in [0.717, 1.165) is 23.9 Å². The Bertz CT molecular complexity index is 719. The van der Waals surface area contributed by atoms with Crippen molar-refractivity contribution >= 4 is 22.5 Å². The Labute approximate surface area is 135 Å². The standard InChI is InChI=1S/C18H22N2O3/c1-20(10-14(21)11-23-2)18(22)19-16-9-8-13-7-6-12-4-3-5-15(16)17(12)13/h3-5,8-9,14,21H,6-7,10-11H2,1-2H3,(H,19,22). The van der Waals surface area contributed by atoms with Gasteiger partial charge in [0.25, 0.3) is 0 Å². The number of likely N-dealkylation sites (N-methyl/N-ethyl adjacent to an activating group) is 1. The van der Waals surface area contributed by atoms with E-state index in [0.29, 0.717) is 0 Å². The van der Waals surface area contributed by atoms with Crippen molar-refractivity contribution in [2.45, 2.75) is 18.9 Å². The Kier molecular flexibility index (Phi) is 4.50. The van der Waals surface area contributed by atoms with Crippen LogP contribution in [0.5, 0.6) is 0 Å². The number of anilines is 1. The van der Waals surface area contributed by atoms with E-state index in [4.69, 9.17) is 4.74 Å². The summed E-state index contributed by atoms with van der Waals surface area (Å²) < 4.78 is 4.89. The van der Waals surface area contributed by atoms with Gasteiger partial charge in [-0.2, -0.15) is 0 Å². The molecule has 0 radical (unpaired) electrons. The van der Waals surface area contributed by atoms with Crippen LogP contribution < -0.4 is 5.32 Å². The van der Waals surface area contributed by atoms with Gasteiger partial charge in [0.2, 0.25) is 0 Å². The molecule has 2 amide bonds. The fourth-order valence-electron chi connectivity index (χ4n) is 3.21. The van der Waals surface area contributed by atoms with Gasteiger partial charge in [-0.3, -0.25) is 0 Å². The van der Waals surface area contributed by atoms with Gasteiger partial charge in [0.15, 0.2) is 0 Å². The summed E-state index contributed by atoms with van der Waals surface area (Å²) in [5.41, 5.74) is 3.50. The molecular weight excluding hydrogens is 292 g/mol. The molecule has 5 nitrogen and oxygen atoms in total. The van der Waals surface area contributed by atoms with Gasteiger partial charge in [0.1, 0.15) is 0 Å². The van der Waals surface area contributed by atoms with Crippen LogP contribution in [-0.4, -0.2) is 49.5 Å². The molecule has 122 valence electrons. The number of carbonyl (C=O) groups excluding carboxylic acids is 1. The topological polar surface area (TPSA) is 61.8 Å². The molecule has 0 spiro atoms. The number of hydrogen-bond acceptors (Lipinski definition) is 3. The number of ether oxygens (including phenoxy) is 1. The van der Waals surface area contributed by atoms with Crippen LogP contribution in [0.3, 0.4) is 0 Å². The molecular formula is C18H22N2O3. The van der Waals surface area contributed by atoms with Crippen LogP contribution in [0.2, 0.25) is 0 Å². The van der Waals surface area contributed by atoms with Crippen LogP contribution in [0.15, 0.2) is 30.3 Å². The minimum atomic E-state index is -0.691. The van der Waals surface area contributed by atoms with Crippen LogP contribution in [0.25, 0.3) is 10.8 Å². The molecule has 1 atom stereocenters. The van der Waals surface area contributed by atoms with E-state index in [1.165, 1.54) is 28.5 Å². The lowest BCUT2D eigenvalue weighted by Crippen LogP contribution is -2.38. The van der Waals surface area contributed by atoms with E-state index in [1.54, 1.807) is 7.05 Å². The van der Waals surface area contributed by atoms with E-state index >= 15 is 0 Å². The first-order valence-electron chi connectivity index (χ1n) is 7.82. The van der Waals surface area contributed by atoms with Gasteiger partial charge in [-0.05, 0) is 35.4 Å². The predicted molar refractivity (Wildman–Crippen MR) is 90.9 cm³/mol. The van der Waals surface area contributed by atoms with Gasteiger partial charge in [0, 0.05) is 19.5 Å². The van der Waals surface area contributed by atoms with Crippen molar-refractivity contribution in [3.63, 3.8) is 0 Å². The summed E-state index contributed by atoms with van der Waals surface area (Å²) in [4.78, 5) is 13.8. The Balaban J connectivity index is 1.78. The minimum Gasteiger partial charge on any atom is -0.389 e. The van der Waals surface area contributed by atoms with Crippen molar-refractivity contribution in [1.29, 1.82) is 0 Å². The molecule has 2 N–H and O–H groups in total. The number of aliphatic hydroxyl groups excluding tert-OH is 1. The maximum Gasteiger partial charge on any atom is 0.321 e. The van der Waals surface area contributed by atoms with Gasteiger partial charge in [-0.1, -0.05) is 24.3 Å². The number of rotatable bonds is 5. The fourth-order valence-corrected chi connectivity index (χ4v) is 3.21. The monoisotopic (exact) mass is 314 g/mol. The first-order valence-corrected chi connectivity index (χ1v) is 7.82. The number of aliphatic hydroxyl groups is 1. The summed E-state index contributed by atoms with van der Waals surface area (Å²) in [7, 11) is 3.18. The van der Waals surface area contributed by atoms with E-state index < -0.39 is 6.10 Å². The number of carbonyl (C=O) groups is 1. The van der Waals surface area contributed by atoms with Crippen molar-refractivity contribution in [2.75, 3.05) is 32.6 Å². The normalized spacial score (nSPS) is 14.0. The van der Waals surface area contributed by atoms with Crippen molar-refractivity contribution < 1.29 is 14.6 Å². The number of urea groups is 1. The second kappa shape index (κ2) is 6.56. The largest absolute Gasteiger partial charge is 0.389 e. The van der Waals surface area contributed by atoms with Crippen LogP contribution in [-0.2, 0) is 17.6 Å². The lowest BCUT2D eigenvalue weighted by atomic mass is 10.0. The van der Waals surface area contributed by atoms with Crippen molar-refractivity contribution in [2.24, 2.45) is 0 Å². The smallest absolute Gasteiger partial charge is 0.321 e. The molecule has 0 fully saturated rings. The third-order valence-electron chi connectivity index (χ3n) is 4.31. The quantitative estimate of drug-likeness (QED) is 0.891. The summed E-state index contributed by atoms with van der Waals surface area (Å²) in [6, 6.07) is 10.0. The lowest BCUT2D eigenvalue weighted by Gasteiger charge is -2.21. The van der Waals surface area contributed by atoms with Crippen molar-refractivity contribution in [1.82, 2.24) is 4.90 Å². The molecule has 1 aliphatic rings. The number of amides is 2. The third kappa shape index (κ3) is 3.16. The van der Waals surface area contributed by atoms with Gasteiger partial charge >= 0.3 is 6.03 Å². The highest BCUT2D eigenvalue weighted by Crippen LogP contribution is 2.35. The summed E-state index contributed by atoms with van der Waals surface area (Å²) in [6.07, 6.45) is 1.43. The highest BCUT2D eigenvalue weighted by molar-refractivity contribution is 6.04. The molecule has 5 heteroatoms. The molecule has 0 aliphatic heterocycles. The highest BCUT2D eigenvalue weighted by Gasteiger charge is 2.18. The second-order valence-electron chi connectivity index (χ2n) is 6.03. The molecule has 0 aromatic heterocycles. The van der Waals surface area contributed by atoms with Gasteiger partial charge in [-0.25, -0.2) is 4.79 Å². The zero-order valence-electron chi connectivity index (χ0n) is 13.5. The number of aryl methyl sites for hydroxylation is 2. The van der Waals surface area contributed by atoms with Crippen molar-refractivity contribution in [3.05, 3.63) is 41.5 Å². The summed E-state index contributed by atoms with van der Waals surface area (Å²) in [6.45, 7) is 0.430. The minimum absolute atomic E-state index is 0.207. The second-order valence-corrected chi connectivity index (χ2v) is 6.03. The summed E-state index contributed by atoms with van der Waals surface area (Å²) in [5, 5.41) is 15.0. The third-order valence-corrected chi connectivity index (χ3v) is 4.31. The van der Waals surface area contributed by atoms with Crippen LogP contribution >= 0.6 is 0 Å². The molecule has 2 aromatic carbocycles. The van der Waals surface area contributed by atoms with Gasteiger partial charge < -0.3 is 20.1 Å². The summed E-state index contributed by atoms with van der Waals surface area (Å²) >= 11 is 0. The summed E-state index contributed by atoms with van der Waals surface area (Å²) in [5.74, 6) is 0. The molecule has 1 unspecified atom stereocenters. The zero-order valence-corrected chi connectivity index (χ0v) is 13.5. The number of methoxy groups -OCH3 is 1. The van der Waals surface area contributed by atoms with Gasteiger partial charge in [0.05, 0.1) is 24.9 Å². The van der Waals surface area contributed by atoms with Crippen LogP contribution in [0, 0.1) is 0 Å². The molecule has 3 rings (SSSR count). The Morgan fingerprint density at radius 3 is 2.78 bits per heavy atom. The number of nitrogens with zero attached hydrogens (tertiary/aromatic N) is 1. The maximum absolute atomic E-state index is 12.3. The van der Waals surface area contributed by atoms with E-state index in [-0.39, 0.29) is 19.2 Å². The molecule has 1 aliphatic carbocycles.